The van der Waals surface area contributed by atoms with Crippen molar-refractivity contribution in [1.82, 2.24) is 5.32 Å². The van der Waals surface area contributed by atoms with Crippen LogP contribution in [0.4, 0.5) is 0 Å². The van der Waals surface area contributed by atoms with E-state index < -0.39 is 5.97 Å². The number of allylic oxidation sites excluding steroid dienone is 1. The Morgan fingerprint density at radius 1 is 1.21 bits per heavy atom. The molecule has 0 saturated carbocycles. The molecule has 0 heterocycles. The van der Waals surface area contributed by atoms with Crippen LogP contribution in [0.25, 0.3) is 10.8 Å². The van der Waals surface area contributed by atoms with Crippen molar-refractivity contribution < 1.29 is 9.90 Å². The normalized spacial score (nSPS) is 13.3. The number of carbonyl (C=O) groups is 1. The number of hydrogen-bond donors (Lipinski definition) is 2. The number of hydrogen-bond acceptors (Lipinski definition) is 2. The summed E-state index contributed by atoms with van der Waals surface area (Å²) < 4.78 is 0. The van der Waals surface area contributed by atoms with E-state index in [0.717, 1.165) is 5.56 Å². The predicted octanol–water partition coefficient (Wildman–Crippen LogP) is 3.48. The SMILES string of the molecule is C/C(=C/C(=O)O)N[C@@H](C)c1cccc2ccccc12. The molecule has 0 aromatic heterocycles. The van der Waals surface area contributed by atoms with Crippen LogP contribution in [0.3, 0.4) is 0 Å². The van der Waals surface area contributed by atoms with Crippen molar-refractivity contribution in [2.75, 3.05) is 0 Å². The van der Waals surface area contributed by atoms with Gasteiger partial charge in [0.05, 0.1) is 0 Å². The Hall–Kier alpha value is -2.29. The zero-order chi connectivity index (χ0) is 13.8. The number of fused-ring (bicyclic) bond motifs is 1. The fourth-order valence-electron chi connectivity index (χ4n) is 2.27. The summed E-state index contributed by atoms with van der Waals surface area (Å²) in [5, 5.41) is 14.3. The summed E-state index contributed by atoms with van der Waals surface area (Å²) >= 11 is 0. The van der Waals surface area contributed by atoms with Gasteiger partial charge in [-0.1, -0.05) is 42.5 Å². The molecule has 0 fully saturated rings. The minimum Gasteiger partial charge on any atom is -0.478 e. The molecule has 2 aromatic carbocycles. The molecule has 0 bridgehead atoms. The molecule has 3 heteroatoms. The Morgan fingerprint density at radius 3 is 2.63 bits per heavy atom. The zero-order valence-electron chi connectivity index (χ0n) is 11.1. The molecule has 1 atom stereocenters. The number of rotatable bonds is 4. The summed E-state index contributed by atoms with van der Waals surface area (Å²) in [6.07, 6.45) is 1.18. The van der Waals surface area contributed by atoms with Gasteiger partial charge in [0, 0.05) is 17.8 Å². The highest BCUT2D eigenvalue weighted by atomic mass is 16.4. The van der Waals surface area contributed by atoms with Crippen molar-refractivity contribution in [3.8, 4) is 0 Å². The van der Waals surface area contributed by atoms with Gasteiger partial charge < -0.3 is 10.4 Å². The molecule has 0 amide bonds. The first-order valence-corrected chi connectivity index (χ1v) is 6.23. The lowest BCUT2D eigenvalue weighted by Crippen LogP contribution is -2.17. The van der Waals surface area contributed by atoms with Gasteiger partial charge in [-0.2, -0.15) is 0 Å². The van der Waals surface area contributed by atoms with Crippen molar-refractivity contribution in [2.45, 2.75) is 19.9 Å². The maximum atomic E-state index is 10.6. The number of nitrogens with one attached hydrogen (secondary N) is 1. The lowest BCUT2D eigenvalue weighted by atomic mass is 9.99. The molecule has 0 spiro atoms. The Balaban J connectivity index is 2.31. The summed E-state index contributed by atoms with van der Waals surface area (Å²) in [7, 11) is 0. The van der Waals surface area contributed by atoms with E-state index in [-0.39, 0.29) is 6.04 Å². The van der Waals surface area contributed by atoms with Crippen LogP contribution in [0.2, 0.25) is 0 Å². The van der Waals surface area contributed by atoms with Crippen molar-refractivity contribution in [3.63, 3.8) is 0 Å². The molecule has 2 N–H and O–H groups in total. The van der Waals surface area contributed by atoms with Gasteiger partial charge in [-0.3, -0.25) is 0 Å². The first kappa shape index (κ1) is 13.1. The van der Waals surface area contributed by atoms with Gasteiger partial charge in [-0.25, -0.2) is 4.79 Å². The van der Waals surface area contributed by atoms with Gasteiger partial charge in [0.15, 0.2) is 0 Å². The molecule has 2 rings (SSSR count). The van der Waals surface area contributed by atoms with Gasteiger partial charge in [0.2, 0.25) is 0 Å². The van der Waals surface area contributed by atoms with Gasteiger partial charge in [0.1, 0.15) is 0 Å². The lowest BCUT2D eigenvalue weighted by Gasteiger charge is -2.17. The van der Waals surface area contributed by atoms with Crippen LogP contribution in [0.1, 0.15) is 25.5 Å². The number of benzene rings is 2. The standard InChI is InChI=1S/C16H17NO2/c1-11(10-16(18)19)17-12(2)14-9-5-7-13-6-3-4-8-15(13)14/h3-10,12,17H,1-2H3,(H,18,19)/b11-10-/t12-/m0/s1. The molecular formula is C16H17NO2. The van der Waals surface area contributed by atoms with E-state index >= 15 is 0 Å². The van der Waals surface area contributed by atoms with E-state index in [2.05, 4.69) is 29.6 Å². The highest BCUT2D eigenvalue weighted by Crippen LogP contribution is 2.24. The second-order valence-corrected chi connectivity index (χ2v) is 4.60. The van der Waals surface area contributed by atoms with Crippen molar-refractivity contribution >= 4 is 16.7 Å². The minimum absolute atomic E-state index is 0.0571. The Labute approximate surface area is 112 Å². The van der Waals surface area contributed by atoms with E-state index in [1.54, 1.807) is 6.92 Å². The Morgan fingerprint density at radius 2 is 1.89 bits per heavy atom. The summed E-state index contributed by atoms with van der Waals surface area (Å²) in [5.74, 6) is -0.935. The van der Waals surface area contributed by atoms with Crippen molar-refractivity contribution in [1.29, 1.82) is 0 Å². The van der Waals surface area contributed by atoms with E-state index in [9.17, 15) is 4.79 Å². The first-order valence-electron chi connectivity index (χ1n) is 6.23. The average Bonchev–Trinajstić information content (AvgIpc) is 2.36. The van der Waals surface area contributed by atoms with Crippen LogP contribution < -0.4 is 5.32 Å². The van der Waals surface area contributed by atoms with E-state index in [4.69, 9.17) is 5.11 Å². The largest absolute Gasteiger partial charge is 0.478 e. The van der Waals surface area contributed by atoms with Crippen molar-refractivity contribution in [2.24, 2.45) is 0 Å². The fourth-order valence-corrected chi connectivity index (χ4v) is 2.27. The molecule has 0 radical (unpaired) electrons. The highest BCUT2D eigenvalue weighted by Gasteiger charge is 2.09. The lowest BCUT2D eigenvalue weighted by molar-refractivity contribution is -0.131. The molecule has 0 saturated heterocycles. The second-order valence-electron chi connectivity index (χ2n) is 4.60. The Bertz CT molecular complexity index is 626. The van der Waals surface area contributed by atoms with Crippen LogP contribution in [-0.2, 0) is 4.79 Å². The minimum atomic E-state index is -0.935. The van der Waals surface area contributed by atoms with Crippen molar-refractivity contribution in [3.05, 3.63) is 59.8 Å². The molecule has 98 valence electrons. The third-order valence-electron chi connectivity index (χ3n) is 3.07. The summed E-state index contributed by atoms with van der Waals surface area (Å²) in [4.78, 5) is 10.6. The maximum absolute atomic E-state index is 10.6. The third kappa shape index (κ3) is 3.13. The van der Waals surface area contributed by atoms with Gasteiger partial charge in [-0.05, 0) is 30.2 Å². The smallest absolute Gasteiger partial charge is 0.330 e. The van der Waals surface area contributed by atoms with E-state index in [1.165, 1.54) is 16.8 Å². The average molecular weight is 255 g/mol. The molecule has 0 aliphatic rings. The van der Waals surface area contributed by atoms with Crippen LogP contribution in [0, 0.1) is 0 Å². The molecule has 19 heavy (non-hydrogen) atoms. The van der Waals surface area contributed by atoms with Gasteiger partial charge >= 0.3 is 5.97 Å². The predicted molar refractivity (Wildman–Crippen MR) is 76.9 cm³/mol. The molecular weight excluding hydrogens is 238 g/mol. The summed E-state index contributed by atoms with van der Waals surface area (Å²) in [6, 6.07) is 14.4. The molecule has 0 aliphatic heterocycles. The Kier molecular flexibility index (Phi) is 3.85. The summed E-state index contributed by atoms with van der Waals surface area (Å²) in [6.45, 7) is 3.79. The number of carboxylic acids is 1. The fraction of sp³-hybridized carbons (Fsp3) is 0.188. The van der Waals surface area contributed by atoms with E-state index in [0.29, 0.717) is 5.70 Å². The molecule has 0 aliphatic carbocycles. The second kappa shape index (κ2) is 5.57. The van der Waals surface area contributed by atoms with Crippen LogP contribution in [-0.4, -0.2) is 11.1 Å². The number of carboxylic acid groups (broad SMARTS) is 1. The highest BCUT2D eigenvalue weighted by molar-refractivity contribution is 5.86. The third-order valence-corrected chi connectivity index (χ3v) is 3.07. The molecule has 3 nitrogen and oxygen atoms in total. The van der Waals surface area contributed by atoms with Gasteiger partial charge in [-0.15, -0.1) is 0 Å². The summed E-state index contributed by atoms with van der Waals surface area (Å²) in [5.41, 5.74) is 1.81. The van der Waals surface area contributed by atoms with Gasteiger partial charge in [0.25, 0.3) is 0 Å². The zero-order valence-corrected chi connectivity index (χ0v) is 11.1. The van der Waals surface area contributed by atoms with Crippen LogP contribution >= 0.6 is 0 Å². The molecule has 0 unspecified atom stereocenters. The monoisotopic (exact) mass is 255 g/mol. The maximum Gasteiger partial charge on any atom is 0.330 e. The number of aliphatic carboxylic acids is 1. The topological polar surface area (TPSA) is 49.3 Å². The first-order chi connectivity index (χ1) is 9.08. The quantitative estimate of drug-likeness (QED) is 0.822. The van der Waals surface area contributed by atoms with Crippen LogP contribution in [0.15, 0.2) is 54.2 Å². The van der Waals surface area contributed by atoms with E-state index in [1.807, 2.05) is 25.1 Å². The molecule has 2 aromatic rings. The van der Waals surface area contributed by atoms with Crippen LogP contribution in [0.5, 0.6) is 0 Å².